The van der Waals surface area contributed by atoms with Crippen molar-refractivity contribution >= 4 is 53.1 Å². The lowest BCUT2D eigenvalue weighted by Gasteiger charge is -2.19. The van der Waals surface area contributed by atoms with Gasteiger partial charge >= 0.3 is 6.18 Å². The molecular weight excluding hydrogens is 522 g/mol. The molecule has 1 amide bonds. The molecule has 1 heterocycles. The number of nitrogens with zero attached hydrogens (tertiary/aromatic N) is 2. The molecule has 29 heavy (non-hydrogen) atoms. The van der Waals surface area contributed by atoms with Gasteiger partial charge in [0.1, 0.15) is 0 Å². The van der Waals surface area contributed by atoms with Crippen LogP contribution in [0.25, 0.3) is 0 Å². The molecular formula is C18H26ClF3IN5O. The summed E-state index contributed by atoms with van der Waals surface area (Å²) in [6, 6.07) is 6.78. The maximum absolute atomic E-state index is 12.5. The second-order valence-electron chi connectivity index (χ2n) is 6.64. The number of amides is 1. The van der Waals surface area contributed by atoms with Crippen LogP contribution in [0.1, 0.15) is 19.3 Å². The zero-order valence-corrected chi connectivity index (χ0v) is 19.1. The number of anilines is 1. The molecule has 3 N–H and O–H groups in total. The van der Waals surface area contributed by atoms with Gasteiger partial charge in [0.15, 0.2) is 5.96 Å². The van der Waals surface area contributed by atoms with Crippen molar-refractivity contribution in [3.05, 3.63) is 29.3 Å². The third-order valence-corrected chi connectivity index (χ3v) is 4.49. The van der Waals surface area contributed by atoms with Crippen molar-refractivity contribution in [2.45, 2.75) is 31.5 Å². The maximum Gasteiger partial charge on any atom is 0.401 e. The van der Waals surface area contributed by atoms with Gasteiger partial charge in [0.25, 0.3) is 0 Å². The Bertz CT molecular complexity index is 672. The molecule has 0 aliphatic carbocycles. The summed E-state index contributed by atoms with van der Waals surface area (Å²) >= 11 is 5.80. The fourth-order valence-electron chi connectivity index (χ4n) is 2.95. The standard InChI is InChI=1S/C18H25ClF3N5O.HI/c1-23-17(26-15-8-10-27(11-15)12-18(20,21)22)24-9-2-3-16(28)25-14-6-4-13(19)5-7-14;/h4-7,15H,2-3,8-12H2,1H3,(H,25,28)(H2,23,24,26);1H. The van der Waals surface area contributed by atoms with E-state index < -0.39 is 12.7 Å². The summed E-state index contributed by atoms with van der Waals surface area (Å²) < 4.78 is 37.4. The average Bonchev–Trinajstić information content (AvgIpc) is 3.04. The van der Waals surface area contributed by atoms with Crippen molar-refractivity contribution in [3.63, 3.8) is 0 Å². The molecule has 0 saturated carbocycles. The highest BCUT2D eigenvalue weighted by Gasteiger charge is 2.34. The quantitative estimate of drug-likeness (QED) is 0.212. The first kappa shape index (κ1) is 25.8. The molecule has 1 aromatic rings. The van der Waals surface area contributed by atoms with E-state index in [4.69, 9.17) is 11.6 Å². The van der Waals surface area contributed by atoms with Crippen LogP contribution in [0.5, 0.6) is 0 Å². The number of carbonyl (C=O) groups excluding carboxylic acids is 1. The van der Waals surface area contributed by atoms with E-state index in [9.17, 15) is 18.0 Å². The van der Waals surface area contributed by atoms with Gasteiger partial charge in [0, 0.05) is 49.9 Å². The van der Waals surface area contributed by atoms with Gasteiger partial charge in [-0.25, -0.2) is 0 Å². The number of hydrogen-bond acceptors (Lipinski definition) is 3. The van der Waals surface area contributed by atoms with Gasteiger partial charge in [-0.15, -0.1) is 24.0 Å². The lowest BCUT2D eigenvalue weighted by molar-refractivity contribution is -0.143. The Kier molecular flexibility index (Phi) is 11.0. The van der Waals surface area contributed by atoms with Gasteiger partial charge in [0.05, 0.1) is 6.54 Å². The molecule has 11 heteroatoms. The fraction of sp³-hybridized carbons (Fsp3) is 0.556. The molecule has 0 aromatic heterocycles. The average molecular weight is 548 g/mol. The summed E-state index contributed by atoms with van der Waals surface area (Å²) in [7, 11) is 1.60. The van der Waals surface area contributed by atoms with Gasteiger partial charge in [0.2, 0.25) is 5.91 Å². The Morgan fingerprint density at radius 2 is 2.00 bits per heavy atom. The monoisotopic (exact) mass is 547 g/mol. The molecule has 1 unspecified atom stereocenters. The molecule has 1 atom stereocenters. The lowest BCUT2D eigenvalue weighted by atomic mass is 10.2. The van der Waals surface area contributed by atoms with Gasteiger partial charge < -0.3 is 16.0 Å². The number of alkyl halides is 3. The van der Waals surface area contributed by atoms with Crippen molar-refractivity contribution in [3.8, 4) is 0 Å². The van der Waals surface area contributed by atoms with Gasteiger partial charge in [-0.1, -0.05) is 11.6 Å². The van der Waals surface area contributed by atoms with E-state index in [1.807, 2.05) is 0 Å². The Morgan fingerprint density at radius 1 is 1.31 bits per heavy atom. The zero-order valence-electron chi connectivity index (χ0n) is 16.1. The first-order chi connectivity index (χ1) is 13.2. The molecule has 1 aliphatic heterocycles. The fourth-order valence-corrected chi connectivity index (χ4v) is 3.07. The van der Waals surface area contributed by atoms with E-state index in [-0.39, 0.29) is 35.9 Å². The van der Waals surface area contributed by atoms with Gasteiger partial charge in [-0.05, 0) is 37.1 Å². The third-order valence-electron chi connectivity index (χ3n) is 4.24. The molecule has 164 valence electrons. The van der Waals surface area contributed by atoms with Crippen LogP contribution < -0.4 is 16.0 Å². The van der Waals surface area contributed by atoms with Crippen LogP contribution in [0.4, 0.5) is 18.9 Å². The molecule has 6 nitrogen and oxygen atoms in total. The highest BCUT2D eigenvalue weighted by Crippen LogP contribution is 2.20. The SMILES string of the molecule is CN=C(NCCCC(=O)Nc1ccc(Cl)cc1)NC1CCN(CC(F)(F)F)C1.I. The smallest absolute Gasteiger partial charge is 0.356 e. The Morgan fingerprint density at radius 3 is 2.62 bits per heavy atom. The van der Waals surface area contributed by atoms with Crippen LogP contribution in [-0.4, -0.2) is 62.2 Å². The van der Waals surface area contributed by atoms with Crippen LogP contribution in [-0.2, 0) is 4.79 Å². The second-order valence-corrected chi connectivity index (χ2v) is 7.07. The van der Waals surface area contributed by atoms with E-state index >= 15 is 0 Å². The van der Waals surface area contributed by atoms with Crippen molar-refractivity contribution in [1.82, 2.24) is 15.5 Å². The number of carbonyl (C=O) groups is 1. The predicted octanol–water partition coefficient (Wildman–Crippen LogP) is 3.48. The topological polar surface area (TPSA) is 68.8 Å². The van der Waals surface area contributed by atoms with Crippen LogP contribution in [0.3, 0.4) is 0 Å². The van der Waals surface area contributed by atoms with E-state index in [0.29, 0.717) is 55.6 Å². The number of likely N-dealkylation sites (tertiary alicyclic amines) is 1. The van der Waals surface area contributed by atoms with Crippen molar-refractivity contribution in [2.24, 2.45) is 4.99 Å². The minimum Gasteiger partial charge on any atom is -0.356 e. The zero-order chi connectivity index (χ0) is 20.6. The number of benzene rings is 1. The first-order valence-electron chi connectivity index (χ1n) is 9.07. The van der Waals surface area contributed by atoms with Gasteiger partial charge in [-0.2, -0.15) is 13.2 Å². The van der Waals surface area contributed by atoms with Crippen LogP contribution >= 0.6 is 35.6 Å². The predicted molar refractivity (Wildman–Crippen MR) is 120 cm³/mol. The van der Waals surface area contributed by atoms with Crippen LogP contribution in [0, 0.1) is 0 Å². The summed E-state index contributed by atoms with van der Waals surface area (Å²) in [5.41, 5.74) is 0.685. The number of guanidine groups is 1. The summed E-state index contributed by atoms with van der Waals surface area (Å²) in [6.07, 6.45) is -2.64. The summed E-state index contributed by atoms with van der Waals surface area (Å²) in [5, 5.41) is 9.60. The van der Waals surface area contributed by atoms with E-state index in [2.05, 4.69) is 20.9 Å². The Labute approximate surface area is 190 Å². The van der Waals surface area contributed by atoms with E-state index in [0.717, 1.165) is 0 Å². The molecule has 2 rings (SSSR count). The molecule has 0 bridgehead atoms. The number of halogens is 5. The molecule has 1 saturated heterocycles. The summed E-state index contributed by atoms with van der Waals surface area (Å²) in [4.78, 5) is 17.4. The largest absolute Gasteiger partial charge is 0.401 e. The molecule has 1 fully saturated rings. The second kappa shape index (κ2) is 12.4. The minimum atomic E-state index is -4.18. The maximum atomic E-state index is 12.5. The number of nitrogens with one attached hydrogen (secondary N) is 3. The molecule has 1 aliphatic rings. The molecule has 0 radical (unpaired) electrons. The van der Waals surface area contributed by atoms with Crippen LogP contribution in [0.2, 0.25) is 5.02 Å². The third kappa shape index (κ3) is 10.4. The molecule has 1 aromatic carbocycles. The number of hydrogen-bond donors (Lipinski definition) is 3. The van der Waals surface area contributed by atoms with Crippen molar-refractivity contribution in [2.75, 3.05) is 38.5 Å². The van der Waals surface area contributed by atoms with Crippen molar-refractivity contribution in [1.29, 1.82) is 0 Å². The highest BCUT2D eigenvalue weighted by atomic mass is 127. The first-order valence-corrected chi connectivity index (χ1v) is 9.44. The van der Waals surface area contributed by atoms with E-state index in [1.165, 1.54) is 4.90 Å². The van der Waals surface area contributed by atoms with Gasteiger partial charge in [-0.3, -0.25) is 14.7 Å². The highest BCUT2D eigenvalue weighted by molar-refractivity contribution is 14.0. The summed E-state index contributed by atoms with van der Waals surface area (Å²) in [6.45, 7) is 0.357. The normalized spacial score (nSPS) is 17.6. The summed E-state index contributed by atoms with van der Waals surface area (Å²) in [5.74, 6) is 0.419. The Balaban J connectivity index is 0.00000420. The number of aliphatic imine (C=N–C) groups is 1. The van der Waals surface area contributed by atoms with Crippen molar-refractivity contribution < 1.29 is 18.0 Å². The number of rotatable bonds is 7. The lowest BCUT2D eigenvalue weighted by Crippen LogP contribution is -2.45. The van der Waals surface area contributed by atoms with E-state index in [1.54, 1.807) is 31.3 Å². The minimum absolute atomic E-state index is 0. The molecule has 0 spiro atoms. The Hall–Kier alpha value is -1.27. The van der Waals surface area contributed by atoms with Crippen LogP contribution in [0.15, 0.2) is 29.3 Å².